The van der Waals surface area contributed by atoms with Gasteiger partial charge in [0, 0.05) is 19.6 Å². The number of morpholine rings is 1. The average molecular weight is 372 g/mol. The molecule has 0 saturated carbocycles. The number of amides is 1. The van der Waals surface area contributed by atoms with Gasteiger partial charge in [0.2, 0.25) is 0 Å². The maximum atomic E-state index is 12.1. The number of furan rings is 1. The van der Waals surface area contributed by atoms with Gasteiger partial charge in [0.05, 0.1) is 31.1 Å². The highest BCUT2D eigenvalue weighted by atomic mass is 16.5. The Labute approximate surface area is 158 Å². The Morgan fingerprint density at radius 1 is 1.19 bits per heavy atom. The van der Waals surface area contributed by atoms with Crippen LogP contribution in [0.25, 0.3) is 0 Å². The third-order valence-corrected chi connectivity index (χ3v) is 4.38. The van der Waals surface area contributed by atoms with Crippen LogP contribution < -0.4 is 5.32 Å². The normalized spacial score (nSPS) is 15.9. The van der Waals surface area contributed by atoms with Gasteiger partial charge >= 0.3 is 5.97 Å². The van der Waals surface area contributed by atoms with Crippen LogP contribution in [-0.4, -0.2) is 49.7 Å². The van der Waals surface area contributed by atoms with E-state index in [9.17, 15) is 9.59 Å². The number of carbonyl (C=O) groups is 2. The lowest BCUT2D eigenvalue weighted by Crippen LogP contribution is -2.35. The van der Waals surface area contributed by atoms with E-state index in [-0.39, 0.29) is 18.6 Å². The third kappa shape index (κ3) is 5.67. The molecule has 7 heteroatoms. The summed E-state index contributed by atoms with van der Waals surface area (Å²) in [4.78, 5) is 26.3. The Bertz CT molecular complexity index is 736. The number of nitrogens with zero attached hydrogens (tertiary/aromatic N) is 1. The summed E-state index contributed by atoms with van der Waals surface area (Å²) in [6.07, 6.45) is 1.54. The minimum absolute atomic E-state index is 0.286. The van der Waals surface area contributed by atoms with Crippen molar-refractivity contribution in [2.75, 3.05) is 32.9 Å². The van der Waals surface area contributed by atoms with E-state index >= 15 is 0 Å². The molecule has 0 radical (unpaired) electrons. The molecule has 7 nitrogen and oxygen atoms in total. The van der Waals surface area contributed by atoms with E-state index in [1.165, 1.54) is 0 Å². The van der Waals surface area contributed by atoms with E-state index in [2.05, 4.69) is 10.2 Å². The first-order valence-electron chi connectivity index (χ1n) is 9.01. The molecule has 1 aliphatic heterocycles. The molecule has 1 fully saturated rings. The van der Waals surface area contributed by atoms with Crippen molar-refractivity contribution in [2.45, 2.75) is 19.5 Å². The molecule has 2 heterocycles. The summed E-state index contributed by atoms with van der Waals surface area (Å²) in [7, 11) is 0. The largest absolute Gasteiger partial charge is 0.467 e. The van der Waals surface area contributed by atoms with Crippen LogP contribution >= 0.6 is 0 Å². The van der Waals surface area contributed by atoms with Gasteiger partial charge in [-0.2, -0.15) is 0 Å². The van der Waals surface area contributed by atoms with Crippen molar-refractivity contribution in [2.24, 2.45) is 0 Å². The molecular formula is C20H24N2O5. The van der Waals surface area contributed by atoms with Crippen LogP contribution in [0, 0.1) is 0 Å². The second-order valence-electron chi connectivity index (χ2n) is 6.47. The first-order valence-corrected chi connectivity index (χ1v) is 9.01. The predicted octanol–water partition coefficient (Wildman–Crippen LogP) is 2.15. The number of carbonyl (C=O) groups excluding carboxylic acids is 2. The fraction of sp³-hybridized carbons (Fsp3) is 0.400. The molecule has 1 aromatic heterocycles. The van der Waals surface area contributed by atoms with Crippen LogP contribution in [0.4, 0.5) is 0 Å². The van der Waals surface area contributed by atoms with Gasteiger partial charge in [-0.15, -0.1) is 0 Å². The van der Waals surface area contributed by atoms with Crippen LogP contribution in [0.15, 0.2) is 47.1 Å². The van der Waals surface area contributed by atoms with Crippen LogP contribution in [0.5, 0.6) is 0 Å². The van der Waals surface area contributed by atoms with Crippen molar-refractivity contribution < 1.29 is 23.5 Å². The Kier molecular flexibility index (Phi) is 6.62. The number of rotatable bonds is 7. The van der Waals surface area contributed by atoms with E-state index in [1.807, 2.05) is 12.1 Å². The highest BCUT2D eigenvalue weighted by Gasteiger charge is 2.15. The van der Waals surface area contributed by atoms with Crippen molar-refractivity contribution >= 4 is 11.9 Å². The number of ether oxygens (including phenoxy) is 2. The summed E-state index contributed by atoms with van der Waals surface area (Å²) in [5.41, 5.74) is 1.55. The first-order chi connectivity index (χ1) is 13.1. The summed E-state index contributed by atoms with van der Waals surface area (Å²) in [6, 6.07) is 10.5. The van der Waals surface area contributed by atoms with Crippen molar-refractivity contribution in [1.82, 2.24) is 10.2 Å². The number of hydrogen-bond acceptors (Lipinski definition) is 6. The zero-order chi connectivity index (χ0) is 19.1. The van der Waals surface area contributed by atoms with Gasteiger partial charge in [0.1, 0.15) is 5.76 Å². The van der Waals surface area contributed by atoms with E-state index < -0.39 is 5.97 Å². The Morgan fingerprint density at radius 2 is 1.93 bits per heavy atom. The topological polar surface area (TPSA) is 81.0 Å². The van der Waals surface area contributed by atoms with E-state index in [0.717, 1.165) is 38.4 Å². The van der Waals surface area contributed by atoms with E-state index in [4.69, 9.17) is 13.9 Å². The molecule has 1 amide bonds. The number of hydrogen-bond donors (Lipinski definition) is 1. The molecular weight excluding hydrogens is 348 g/mol. The van der Waals surface area contributed by atoms with E-state index in [1.54, 1.807) is 37.5 Å². The van der Waals surface area contributed by atoms with Gasteiger partial charge in [-0.05, 0) is 36.8 Å². The highest BCUT2D eigenvalue weighted by molar-refractivity contribution is 5.91. The van der Waals surface area contributed by atoms with Crippen LogP contribution in [0.3, 0.4) is 0 Å². The highest BCUT2D eigenvalue weighted by Crippen LogP contribution is 2.12. The monoisotopic (exact) mass is 372 g/mol. The van der Waals surface area contributed by atoms with Crippen LogP contribution in [0.1, 0.15) is 34.6 Å². The maximum Gasteiger partial charge on any atom is 0.338 e. The lowest BCUT2D eigenvalue weighted by molar-refractivity contribution is -0.125. The van der Waals surface area contributed by atoms with Crippen molar-refractivity contribution in [3.8, 4) is 0 Å². The summed E-state index contributed by atoms with van der Waals surface area (Å²) in [5, 5.41) is 2.72. The Hall–Kier alpha value is -2.64. The molecule has 0 bridgehead atoms. The molecule has 1 N–H and O–H groups in total. The van der Waals surface area contributed by atoms with Gasteiger partial charge in [-0.3, -0.25) is 9.69 Å². The van der Waals surface area contributed by atoms with Gasteiger partial charge in [0.15, 0.2) is 6.61 Å². The SMILES string of the molecule is C[C@@H](NC(=O)COC(=O)c1ccc(CN2CCOCC2)cc1)c1ccco1. The average Bonchev–Trinajstić information content (AvgIpc) is 3.22. The van der Waals surface area contributed by atoms with Crippen molar-refractivity contribution in [1.29, 1.82) is 0 Å². The van der Waals surface area contributed by atoms with Crippen molar-refractivity contribution in [3.05, 3.63) is 59.5 Å². The first kappa shape index (κ1) is 19.1. The lowest BCUT2D eigenvalue weighted by Gasteiger charge is -2.26. The quantitative estimate of drug-likeness (QED) is 0.750. The predicted molar refractivity (Wildman–Crippen MR) is 98.1 cm³/mol. The van der Waals surface area contributed by atoms with Gasteiger partial charge < -0.3 is 19.2 Å². The summed E-state index contributed by atoms with van der Waals surface area (Å²) in [6.45, 7) is 5.62. The molecule has 1 aliphatic rings. The summed E-state index contributed by atoms with van der Waals surface area (Å²) < 4.78 is 15.7. The zero-order valence-corrected chi connectivity index (χ0v) is 15.3. The lowest BCUT2D eigenvalue weighted by atomic mass is 10.1. The molecule has 144 valence electrons. The van der Waals surface area contributed by atoms with Gasteiger partial charge in [-0.1, -0.05) is 12.1 Å². The molecule has 0 unspecified atom stereocenters. The molecule has 1 saturated heterocycles. The Morgan fingerprint density at radius 3 is 2.59 bits per heavy atom. The molecule has 27 heavy (non-hydrogen) atoms. The molecule has 1 aromatic carbocycles. The second-order valence-corrected chi connectivity index (χ2v) is 6.47. The third-order valence-electron chi connectivity index (χ3n) is 4.38. The maximum absolute atomic E-state index is 12.1. The second kappa shape index (κ2) is 9.34. The van der Waals surface area contributed by atoms with Crippen LogP contribution in [0.2, 0.25) is 0 Å². The van der Waals surface area contributed by atoms with E-state index in [0.29, 0.717) is 11.3 Å². The number of esters is 1. The minimum Gasteiger partial charge on any atom is -0.467 e. The zero-order valence-electron chi connectivity index (χ0n) is 15.3. The number of benzene rings is 1. The standard InChI is InChI=1S/C20H24N2O5/c1-15(18-3-2-10-26-18)21-19(23)14-27-20(24)17-6-4-16(5-7-17)13-22-8-11-25-12-9-22/h2-7,10,15H,8-9,11-14H2,1H3,(H,21,23)/t15-/m1/s1. The fourth-order valence-corrected chi connectivity index (χ4v) is 2.87. The van der Waals surface area contributed by atoms with Gasteiger partial charge in [-0.25, -0.2) is 4.79 Å². The molecule has 1 atom stereocenters. The van der Waals surface area contributed by atoms with Gasteiger partial charge in [0.25, 0.3) is 5.91 Å². The van der Waals surface area contributed by atoms with Crippen molar-refractivity contribution in [3.63, 3.8) is 0 Å². The molecule has 2 aromatic rings. The molecule has 3 rings (SSSR count). The summed E-state index contributed by atoms with van der Waals surface area (Å²) >= 11 is 0. The summed E-state index contributed by atoms with van der Waals surface area (Å²) in [5.74, 6) is -0.254. The Balaban J connectivity index is 1.44. The molecule has 0 aliphatic carbocycles. The minimum atomic E-state index is -0.520. The van der Waals surface area contributed by atoms with Crippen LogP contribution in [-0.2, 0) is 20.8 Å². The molecule has 0 spiro atoms. The number of nitrogens with one attached hydrogen (secondary N) is 1. The fourth-order valence-electron chi connectivity index (χ4n) is 2.87. The smallest absolute Gasteiger partial charge is 0.338 e.